The maximum Gasteiger partial charge on any atom is 0.435 e. The van der Waals surface area contributed by atoms with Crippen LogP contribution in [-0.2, 0) is 19.6 Å². The molecule has 0 saturated carbocycles. The second-order valence-corrected chi connectivity index (χ2v) is 2.94. The molecule has 0 aliphatic heterocycles. The van der Waals surface area contributed by atoms with E-state index in [1.165, 1.54) is 11.7 Å². The zero-order valence-electron chi connectivity index (χ0n) is 7.81. The van der Waals surface area contributed by atoms with Gasteiger partial charge in [0, 0.05) is 24.7 Å². The summed E-state index contributed by atoms with van der Waals surface area (Å²) in [7, 11) is 1.46. The fourth-order valence-corrected chi connectivity index (χ4v) is 1.23. The monoisotopic (exact) mass is 205 g/mol. The van der Waals surface area contributed by atoms with Crippen LogP contribution in [0.4, 0.5) is 13.2 Å². The van der Waals surface area contributed by atoms with E-state index in [1.807, 2.05) is 0 Å². The summed E-state index contributed by atoms with van der Waals surface area (Å²) in [6, 6.07) is 0. The number of aromatic nitrogens is 2. The summed E-state index contributed by atoms with van der Waals surface area (Å²) >= 11 is 0. The van der Waals surface area contributed by atoms with Crippen molar-refractivity contribution in [2.45, 2.75) is 19.5 Å². The Kier molecular flexibility index (Phi) is 2.64. The molecule has 14 heavy (non-hydrogen) atoms. The molecule has 0 saturated heterocycles. The number of nitrogens with zero attached hydrogens (tertiary/aromatic N) is 2. The van der Waals surface area contributed by atoms with E-state index in [0.717, 1.165) is 6.21 Å². The highest BCUT2D eigenvalue weighted by molar-refractivity contribution is 5.59. The molecule has 1 rings (SSSR count). The van der Waals surface area contributed by atoms with Crippen molar-refractivity contribution in [3.63, 3.8) is 0 Å². The van der Waals surface area contributed by atoms with Gasteiger partial charge < -0.3 is 5.41 Å². The highest BCUT2D eigenvalue weighted by atomic mass is 19.4. The molecule has 6 heteroatoms. The molecule has 0 bridgehead atoms. The quantitative estimate of drug-likeness (QED) is 0.736. The van der Waals surface area contributed by atoms with Crippen molar-refractivity contribution in [2.75, 3.05) is 0 Å². The van der Waals surface area contributed by atoms with E-state index in [-0.39, 0.29) is 12.0 Å². The van der Waals surface area contributed by atoms with Gasteiger partial charge in [0.15, 0.2) is 5.69 Å². The van der Waals surface area contributed by atoms with E-state index < -0.39 is 11.9 Å². The molecule has 3 nitrogen and oxygen atoms in total. The molecule has 0 spiro atoms. The summed E-state index contributed by atoms with van der Waals surface area (Å²) in [5.74, 6) is 0. The topological polar surface area (TPSA) is 41.7 Å². The Morgan fingerprint density at radius 2 is 2.07 bits per heavy atom. The van der Waals surface area contributed by atoms with Gasteiger partial charge in [-0.3, -0.25) is 4.68 Å². The van der Waals surface area contributed by atoms with Crippen molar-refractivity contribution in [3.8, 4) is 0 Å². The van der Waals surface area contributed by atoms with Crippen LogP contribution in [-0.4, -0.2) is 16.0 Å². The number of aryl methyl sites for hydroxylation is 1. The first-order chi connectivity index (χ1) is 6.38. The molecular formula is C8H10F3N3. The molecule has 0 aliphatic rings. The SMILES string of the molecule is Cc1c(CC=N)c(C(F)(F)F)nn1C. The van der Waals surface area contributed by atoms with Gasteiger partial charge in [-0.1, -0.05) is 0 Å². The predicted octanol–water partition coefficient (Wildman–Crippen LogP) is 1.94. The van der Waals surface area contributed by atoms with Crippen LogP contribution in [0.2, 0.25) is 0 Å². The fourth-order valence-electron chi connectivity index (χ4n) is 1.23. The summed E-state index contributed by atoms with van der Waals surface area (Å²) in [5, 5.41) is 10.2. The van der Waals surface area contributed by atoms with E-state index in [1.54, 1.807) is 6.92 Å². The third-order valence-electron chi connectivity index (χ3n) is 2.03. The van der Waals surface area contributed by atoms with Crippen LogP contribution in [0.1, 0.15) is 17.0 Å². The third kappa shape index (κ3) is 1.78. The Labute approximate surface area is 79.0 Å². The van der Waals surface area contributed by atoms with Gasteiger partial charge in [0.25, 0.3) is 0 Å². The predicted molar refractivity (Wildman–Crippen MR) is 45.4 cm³/mol. The van der Waals surface area contributed by atoms with Crippen molar-refractivity contribution >= 4 is 6.21 Å². The molecule has 1 N–H and O–H groups in total. The zero-order valence-corrected chi connectivity index (χ0v) is 7.81. The lowest BCUT2D eigenvalue weighted by molar-refractivity contribution is -0.141. The normalized spacial score (nSPS) is 11.8. The number of alkyl halides is 3. The number of rotatable bonds is 2. The molecular weight excluding hydrogens is 195 g/mol. The van der Waals surface area contributed by atoms with Crippen molar-refractivity contribution in [1.29, 1.82) is 5.41 Å². The van der Waals surface area contributed by atoms with Gasteiger partial charge in [0.2, 0.25) is 0 Å². The molecule has 1 aromatic heterocycles. The van der Waals surface area contributed by atoms with Crippen molar-refractivity contribution in [1.82, 2.24) is 9.78 Å². The van der Waals surface area contributed by atoms with Gasteiger partial charge in [0.05, 0.1) is 0 Å². The van der Waals surface area contributed by atoms with Gasteiger partial charge in [-0.2, -0.15) is 18.3 Å². The first-order valence-electron chi connectivity index (χ1n) is 3.96. The minimum atomic E-state index is -4.44. The van der Waals surface area contributed by atoms with Gasteiger partial charge in [0.1, 0.15) is 0 Å². The Morgan fingerprint density at radius 3 is 2.50 bits per heavy atom. The molecule has 0 amide bonds. The second-order valence-electron chi connectivity index (χ2n) is 2.94. The van der Waals surface area contributed by atoms with Crippen LogP contribution in [0.3, 0.4) is 0 Å². The number of halogens is 3. The first-order valence-corrected chi connectivity index (χ1v) is 3.96. The summed E-state index contributed by atoms with van der Waals surface area (Å²) in [5.41, 5.74) is -0.364. The van der Waals surface area contributed by atoms with E-state index >= 15 is 0 Å². The lowest BCUT2D eigenvalue weighted by Gasteiger charge is -2.04. The van der Waals surface area contributed by atoms with Crippen molar-refractivity contribution in [3.05, 3.63) is 17.0 Å². The fraction of sp³-hybridized carbons (Fsp3) is 0.500. The number of hydrogen-bond acceptors (Lipinski definition) is 2. The van der Waals surface area contributed by atoms with Gasteiger partial charge in [-0.25, -0.2) is 0 Å². The van der Waals surface area contributed by atoms with E-state index in [0.29, 0.717) is 5.69 Å². The van der Waals surface area contributed by atoms with E-state index in [2.05, 4.69) is 5.10 Å². The molecule has 1 aromatic rings. The van der Waals surface area contributed by atoms with Gasteiger partial charge in [-0.05, 0) is 13.1 Å². The van der Waals surface area contributed by atoms with Crippen LogP contribution in [0.15, 0.2) is 0 Å². The standard InChI is InChI=1S/C8H10F3N3/c1-5-6(3-4-12)7(8(9,10)11)13-14(5)2/h4,12H,3H2,1-2H3. The van der Waals surface area contributed by atoms with Crippen LogP contribution >= 0.6 is 0 Å². The van der Waals surface area contributed by atoms with Crippen molar-refractivity contribution in [2.24, 2.45) is 7.05 Å². The highest BCUT2D eigenvalue weighted by Crippen LogP contribution is 2.32. The van der Waals surface area contributed by atoms with E-state index in [4.69, 9.17) is 5.41 Å². The molecule has 0 atom stereocenters. The number of hydrogen-bond donors (Lipinski definition) is 1. The largest absolute Gasteiger partial charge is 0.435 e. The minimum absolute atomic E-state index is 0.0332. The lowest BCUT2D eigenvalue weighted by atomic mass is 10.1. The van der Waals surface area contributed by atoms with Crippen LogP contribution in [0, 0.1) is 12.3 Å². The van der Waals surface area contributed by atoms with Crippen LogP contribution < -0.4 is 0 Å². The van der Waals surface area contributed by atoms with Gasteiger partial charge >= 0.3 is 6.18 Å². The highest BCUT2D eigenvalue weighted by Gasteiger charge is 2.37. The average molecular weight is 205 g/mol. The molecule has 0 fully saturated rings. The summed E-state index contributed by atoms with van der Waals surface area (Å²) in [6.07, 6.45) is -3.53. The maximum absolute atomic E-state index is 12.4. The Hall–Kier alpha value is -1.33. The number of nitrogens with one attached hydrogen (secondary N) is 1. The first kappa shape index (κ1) is 10.7. The second kappa shape index (κ2) is 3.43. The van der Waals surface area contributed by atoms with Crippen molar-refractivity contribution < 1.29 is 13.2 Å². The average Bonchev–Trinajstić information content (AvgIpc) is 2.32. The Morgan fingerprint density at radius 1 is 1.50 bits per heavy atom. The van der Waals surface area contributed by atoms with E-state index in [9.17, 15) is 13.2 Å². The molecule has 0 radical (unpaired) electrons. The zero-order chi connectivity index (χ0) is 10.9. The summed E-state index contributed by atoms with van der Waals surface area (Å²) in [4.78, 5) is 0. The van der Waals surface area contributed by atoms with Gasteiger partial charge in [-0.15, -0.1) is 0 Å². The molecule has 1 heterocycles. The summed E-state index contributed by atoms with van der Waals surface area (Å²) < 4.78 is 38.4. The maximum atomic E-state index is 12.4. The minimum Gasteiger partial charge on any atom is -0.313 e. The Bertz CT molecular complexity index is 351. The summed E-state index contributed by atoms with van der Waals surface area (Å²) in [6.45, 7) is 1.56. The molecule has 0 aliphatic carbocycles. The van der Waals surface area contributed by atoms with Crippen LogP contribution in [0.25, 0.3) is 0 Å². The smallest absolute Gasteiger partial charge is 0.313 e. The molecule has 0 unspecified atom stereocenters. The lowest BCUT2D eigenvalue weighted by Crippen LogP contribution is -2.09. The van der Waals surface area contributed by atoms with Crippen LogP contribution in [0.5, 0.6) is 0 Å². The third-order valence-corrected chi connectivity index (χ3v) is 2.03. The molecule has 0 aromatic carbocycles. The molecule has 78 valence electrons. The Balaban J connectivity index is 3.29.